The predicted octanol–water partition coefficient (Wildman–Crippen LogP) is 2.98. The first-order valence-electron chi connectivity index (χ1n) is 4.86. The molecule has 0 aromatic carbocycles. The third-order valence-electron chi connectivity index (χ3n) is 2.35. The molecule has 0 saturated heterocycles. The molecule has 77 valence electrons. The average Bonchev–Trinajstić information content (AvgIpc) is 2.10. The molecule has 0 amide bonds. The van der Waals surface area contributed by atoms with Crippen molar-refractivity contribution < 1.29 is 0 Å². The lowest BCUT2D eigenvalue weighted by atomic mass is 9.77. The highest BCUT2D eigenvalue weighted by molar-refractivity contribution is 6.48. The second kappa shape index (κ2) is 5.09. The van der Waals surface area contributed by atoms with Crippen LogP contribution in [-0.4, -0.2) is 24.8 Å². The van der Waals surface area contributed by atoms with Crippen LogP contribution in [-0.2, 0) is 0 Å². The molecule has 1 radical (unpaired) electrons. The lowest BCUT2D eigenvalue weighted by Gasteiger charge is -2.36. The number of likely N-dealkylation sites (N-methyl/N-ethyl adjacent to an activating group) is 1. The van der Waals surface area contributed by atoms with Crippen molar-refractivity contribution in [1.82, 2.24) is 4.90 Å². The molecule has 0 aromatic heterocycles. The summed E-state index contributed by atoms with van der Waals surface area (Å²) in [5, 5.41) is 0. The lowest BCUT2D eigenvalue weighted by Crippen LogP contribution is -2.37. The molecule has 0 saturated carbocycles. The molecule has 14 heavy (non-hydrogen) atoms. The van der Waals surface area contributed by atoms with Crippen LogP contribution in [0.25, 0.3) is 0 Å². The Kier molecular flexibility index (Phi) is 4.75. The van der Waals surface area contributed by atoms with Gasteiger partial charge in [-0.25, -0.2) is 0 Å². The zero-order valence-electron chi connectivity index (χ0n) is 10.1. The molecule has 0 aliphatic carbocycles. The summed E-state index contributed by atoms with van der Waals surface area (Å²) >= 11 is 0. The molecule has 0 aromatic rings. The van der Waals surface area contributed by atoms with Crippen LogP contribution in [0.1, 0.15) is 27.7 Å². The Bertz CT molecular complexity index is 246. The van der Waals surface area contributed by atoms with Crippen molar-refractivity contribution in [3.05, 3.63) is 36.4 Å². The van der Waals surface area contributed by atoms with Crippen LogP contribution in [0.3, 0.4) is 0 Å². The van der Waals surface area contributed by atoms with Gasteiger partial charge in [-0.3, -0.25) is 0 Å². The van der Waals surface area contributed by atoms with Gasteiger partial charge in [0.15, 0.2) is 7.28 Å². The maximum absolute atomic E-state index is 4.08. The summed E-state index contributed by atoms with van der Waals surface area (Å²) in [6.45, 7) is 16.3. The van der Waals surface area contributed by atoms with Gasteiger partial charge in [0.05, 0.1) is 0 Å². The van der Waals surface area contributed by atoms with Gasteiger partial charge in [-0.15, -0.1) is 18.5 Å². The molecule has 0 aliphatic heterocycles. The van der Waals surface area contributed by atoms with E-state index < -0.39 is 0 Å². The van der Waals surface area contributed by atoms with E-state index in [1.165, 1.54) is 5.57 Å². The Balaban J connectivity index is 4.55. The van der Waals surface area contributed by atoms with Gasteiger partial charge in [0.1, 0.15) is 0 Å². The van der Waals surface area contributed by atoms with Crippen molar-refractivity contribution in [2.75, 3.05) is 7.05 Å². The van der Waals surface area contributed by atoms with E-state index in [0.717, 1.165) is 5.70 Å². The standard InChI is InChI=1S/C12H21BN/c1-8-13-9-10(2)11(3)14(7)12(4,5)6/h8-9H,1,3H2,2,4-7H3/b10-9+. The van der Waals surface area contributed by atoms with Crippen LogP contribution in [0.5, 0.6) is 0 Å². The number of allylic oxidation sites excluding steroid dienone is 1. The van der Waals surface area contributed by atoms with Crippen molar-refractivity contribution in [2.24, 2.45) is 0 Å². The monoisotopic (exact) mass is 190 g/mol. The molecule has 0 N–H and O–H groups in total. The second-order valence-corrected chi connectivity index (χ2v) is 4.45. The first kappa shape index (κ1) is 13.1. The van der Waals surface area contributed by atoms with E-state index in [9.17, 15) is 0 Å². The summed E-state index contributed by atoms with van der Waals surface area (Å²) in [6.07, 6.45) is 0. The van der Waals surface area contributed by atoms with Gasteiger partial charge < -0.3 is 4.90 Å². The van der Waals surface area contributed by atoms with Crippen LogP contribution in [0, 0.1) is 0 Å². The highest BCUT2D eigenvalue weighted by atomic mass is 15.2. The zero-order valence-corrected chi connectivity index (χ0v) is 10.1. The normalized spacial score (nSPS) is 12.2. The minimum atomic E-state index is 0.111. The summed E-state index contributed by atoms with van der Waals surface area (Å²) in [4.78, 5) is 2.18. The molecule has 0 spiro atoms. The number of hydrogen-bond acceptors (Lipinski definition) is 1. The topological polar surface area (TPSA) is 3.24 Å². The van der Waals surface area contributed by atoms with Crippen LogP contribution in [0.4, 0.5) is 0 Å². The van der Waals surface area contributed by atoms with Gasteiger partial charge in [0, 0.05) is 18.3 Å². The zero-order chi connectivity index (χ0) is 11.4. The molecule has 0 bridgehead atoms. The quantitative estimate of drug-likeness (QED) is 0.486. The van der Waals surface area contributed by atoms with Gasteiger partial charge >= 0.3 is 0 Å². The highest BCUT2D eigenvalue weighted by Crippen LogP contribution is 2.20. The summed E-state index contributed by atoms with van der Waals surface area (Å²) in [6, 6.07) is 0. The SMILES string of the molecule is C=C[B]/C=C(\C)C(=C)N(C)C(C)(C)C. The van der Waals surface area contributed by atoms with Gasteiger partial charge in [-0.2, -0.15) is 0 Å². The van der Waals surface area contributed by atoms with Crippen LogP contribution >= 0.6 is 0 Å². The van der Waals surface area contributed by atoms with E-state index in [0.29, 0.717) is 0 Å². The van der Waals surface area contributed by atoms with E-state index in [1.807, 2.05) is 13.3 Å². The van der Waals surface area contributed by atoms with E-state index >= 15 is 0 Å². The molecular formula is C12H21BN. The molecule has 0 heterocycles. The van der Waals surface area contributed by atoms with Crippen LogP contribution in [0.15, 0.2) is 36.4 Å². The molecule has 0 unspecified atom stereocenters. The Labute approximate surface area is 89.4 Å². The fourth-order valence-electron chi connectivity index (χ4n) is 0.978. The summed E-state index contributed by atoms with van der Waals surface area (Å²) in [5.41, 5.74) is 2.33. The highest BCUT2D eigenvalue weighted by Gasteiger charge is 2.18. The summed E-state index contributed by atoms with van der Waals surface area (Å²) < 4.78 is 0. The Morgan fingerprint density at radius 2 is 1.86 bits per heavy atom. The molecule has 0 fully saturated rings. The van der Waals surface area contributed by atoms with Gasteiger partial charge in [0.25, 0.3) is 0 Å². The molecule has 2 heteroatoms. The first-order chi connectivity index (χ1) is 6.30. The maximum atomic E-state index is 4.08. The lowest BCUT2D eigenvalue weighted by molar-refractivity contribution is 0.233. The average molecular weight is 190 g/mol. The van der Waals surface area contributed by atoms with Crippen molar-refractivity contribution in [3.8, 4) is 0 Å². The summed E-state index contributed by atoms with van der Waals surface area (Å²) in [5.74, 6) is 3.80. The third kappa shape index (κ3) is 3.86. The van der Waals surface area contributed by atoms with Gasteiger partial charge in [-0.05, 0) is 33.3 Å². The van der Waals surface area contributed by atoms with Crippen LogP contribution < -0.4 is 0 Å². The summed E-state index contributed by atoms with van der Waals surface area (Å²) in [7, 11) is 3.99. The van der Waals surface area contributed by atoms with Crippen molar-refractivity contribution >= 4 is 7.28 Å². The van der Waals surface area contributed by atoms with Crippen molar-refractivity contribution in [3.63, 3.8) is 0 Å². The Morgan fingerprint density at radius 1 is 1.36 bits per heavy atom. The van der Waals surface area contributed by atoms with E-state index in [2.05, 4.69) is 52.8 Å². The molecule has 0 rings (SSSR count). The van der Waals surface area contributed by atoms with Crippen LogP contribution in [0.2, 0.25) is 0 Å². The Hall–Kier alpha value is -0.915. The Morgan fingerprint density at radius 3 is 2.21 bits per heavy atom. The smallest absolute Gasteiger partial charge is 0.170 e. The first-order valence-corrected chi connectivity index (χ1v) is 4.86. The van der Waals surface area contributed by atoms with E-state index in [1.54, 1.807) is 5.98 Å². The second-order valence-electron chi connectivity index (χ2n) is 4.45. The van der Waals surface area contributed by atoms with Crippen molar-refractivity contribution in [2.45, 2.75) is 33.2 Å². The fraction of sp³-hybridized carbons (Fsp3) is 0.500. The number of rotatable bonds is 4. The molecule has 0 atom stereocenters. The van der Waals surface area contributed by atoms with Gasteiger partial charge in [-0.1, -0.05) is 6.58 Å². The number of nitrogens with zero attached hydrogens (tertiary/aromatic N) is 1. The molecule has 0 aliphatic rings. The predicted molar refractivity (Wildman–Crippen MR) is 66.4 cm³/mol. The largest absolute Gasteiger partial charge is 0.370 e. The molecular weight excluding hydrogens is 169 g/mol. The minimum Gasteiger partial charge on any atom is -0.370 e. The third-order valence-corrected chi connectivity index (χ3v) is 2.35. The molecule has 1 nitrogen and oxygen atoms in total. The number of hydrogen-bond donors (Lipinski definition) is 0. The van der Waals surface area contributed by atoms with E-state index in [-0.39, 0.29) is 5.54 Å². The van der Waals surface area contributed by atoms with E-state index in [4.69, 9.17) is 0 Å². The fourth-order valence-corrected chi connectivity index (χ4v) is 0.978. The van der Waals surface area contributed by atoms with Gasteiger partial charge in [0.2, 0.25) is 0 Å². The minimum absolute atomic E-state index is 0.111. The van der Waals surface area contributed by atoms with Crippen molar-refractivity contribution in [1.29, 1.82) is 0 Å². The maximum Gasteiger partial charge on any atom is 0.170 e.